The van der Waals surface area contributed by atoms with E-state index in [4.69, 9.17) is 20.6 Å². The molecule has 0 fully saturated rings. The van der Waals surface area contributed by atoms with Crippen molar-refractivity contribution in [1.82, 2.24) is 0 Å². The zero-order valence-corrected chi connectivity index (χ0v) is 25.9. The highest BCUT2D eigenvalue weighted by Crippen LogP contribution is 2.52. The molecule has 0 heterocycles. The number of rotatable bonds is 4. The van der Waals surface area contributed by atoms with Gasteiger partial charge in [0.15, 0.2) is 0 Å². The van der Waals surface area contributed by atoms with Crippen molar-refractivity contribution in [2.45, 2.75) is 5.92 Å². The summed E-state index contributed by atoms with van der Waals surface area (Å²) in [6.07, 6.45) is 0. The van der Waals surface area contributed by atoms with E-state index >= 15 is 0 Å². The van der Waals surface area contributed by atoms with Crippen molar-refractivity contribution in [3.05, 3.63) is 221 Å². The molecule has 0 saturated carbocycles. The Morgan fingerprint density at radius 3 is 2.16 bits per heavy atom. The maximum atomic E-state index is 10.3. The van der Waals surface area contributed by atoms with Crippen LogP contribution in [0.25, 0.3) is 60.1 Å². The summed E-state index contributed by atoms with van der Waals surface area (Å²) in [4.78, 5) is 0. The molecule has 0 nitrogen and oxygen atoms in total. The highest BCUT2D eigenvalue weighted by atomic mass is 14.4. The Kier molecular flexibility index (Phi) is 3.27. The Bertz CT molecular complexity index is 3980. The first-order valence-corrected chi connectivity index (χ1v) is 15.7. The van der Waals surface area contributed by atoms with Crippen LogP contribution >= 0.6 is 0 Å². The fraction of sp³-hybridized carbons (Fsp3) is 0.0400. The minimum absolute atomic E-state index is 0.0307. The molecule has 0 spiro atoms. The first kappa shape index (κ1) is 13.9. The lowest BCUT2D eigenvalue weighted by Crippen LogP contribution is -2.23. The van der Waals surface area contributed by atoms with Crippen molar-refractivity contribution in [1.29, 1.82) is 0 Å². The first-order valence-electron chi connectivity index (χ1n) is 27.2. The molecular formula is C50H34. The van der Waals surface area contributed by atoms with E-state index in [2.05, 4.69) is 0 Å². The van der Waals surface area contributed by atoms with Crippen molar-refractivity contribution in [3.8, 4) is 22.3 Å². The normalized spacial score (nSPS) is 23.8. The van der Waals surface area contributed by atoms with E-state index in [9.17, 15) is 11.0 Å². The van der Waals surface area contributed by atoms with Gasteiger partial charge in [0.05, 0.1) is 31.5 Å². The molecule has 2 atom stereocenters. The molecule has 0 N–H and O–H groups in total. The first-order chi connectivity index (χ1) is 34.4. The summed E-state index contributed by atoms with van der Waals surface area (Å²) in [5, 5.41) is -0.583. The molecule has 10 rings (SSSR count). The fourth-order valence-corrected chi connectivity index (χ4v) is 6.78. The number of hydrogen-bond acceptors (Lipinski definition) is 0. The summed E-state index contributed by atoms with van der Waals surface area (Å²) in [7, 11) is 0. The second-order valence-electron chi connectivity index (χ2n) is 11.8. The summed E-state index contributed by atoms with van der Waals surface area (Å²) < 4.78 is 209. The van der Waals surface area contributed by atoms with Crippen LogP contribution in [0.2, 0.25) is 0 Å². The zero-order valence-electron chi connectivity index (χ0n) is 48.9. The van der Waals surface area contributed by atoms with Gasteiger partial charge in [-0.25, -0.2) is 0 Å². The van der Waals surface area contributed by atoms with Gasteiger partial charge in [-0.1, -0.05) is 182 Å². The van der Waals surface area contributed by atoms with Crippen molar-refractivity contribution < 1.29 is 31.5 Å². The molecule has 2 unspecified atom stereocenters. The largest absolute Gasteiger partial charge is 0.0760 e. The number of hydrogen-bond donors (Lipinski definition) is 0. The third-order valence-electron chi connectivity index (χ3n) is 9.04. The van der Waals surface area contributed by atoms with E-state index in [0.717, 1.165) is 12.1 Å². The van der Waals surface area contributed by atoms with Crippen LogP contribution in [0.4, 0.5) is 0 Å². The third kappa shape index (κ3) is 4.68. The Morgan fingerprint density at radius 2 is 1.24 bits per heavy atom. The second-order valence-corrected chi connectivity index (χ2v) is 11.8. The van der Waals surface area contributed by atoms with Crippen LogP contribution < -0.4 is 0 Å². The molecule has 50 heavy (non-hydrogen) atoms. The molecule has 8 aromatic carbocycles. The molecule has 8 aromatic rings. The Balaban J connectivity index is 1.38. The van der Waals surface area contributed by atoms with E-state index in [1.807, 2.05) is 0 Å². The fourth-order valence-electron chi connectivity index (χ4n) is 6.78. The Hall–Kier alpha value is -6.24. The van der Waals surface area contributed by atoms with E-state index in [-0.39, 0.29) is 55.3 Å². The average Bonchev–Trinajstić information content (AvgIpc) is 3.36. The van der Waals surface area contributed by atoms with E-state index in [1.165, 1.54) is 0 Å². The number of allylic oxidation sites excluding steroid dienone is 5. The van der Waals surface area contributed by atoms with Gasteiger partial charge in [0, 0.05) is 11.8 Å². The van der Waals surface area contributed by atoms with Crippen LogP contribution in [-0.4, -0.2) is 0 Å². The predicted molar refractivity (Wildman–Crippen MR) is 212 cm³/mol. The van der Waals surface area contributed by atoms with Crippen LogP contribution in [0.1, 0.15) is 59.7 Å². The van der Waals surface area contributed by atoms with Crippen LogP contribution in [0, 0.1) is 5.92 Å². The van der Waals surface area contributed by atoms with Gasteiger partial charge in [-0.15, -0.1) is 0 Å². The van der Waals surface area contributed by atoms with E-state index in [0.29, 0.717) is 10.8 Å². The molecule has 2 aliphatic rings. The number of benzene rings is 8. The molecule has 0 amide bonds. The molecular weight excluding hydrogens is 601 g/mol. The standard InChI is InChI=1S/C50H34/c1-2-14-38-31-39(28-25-33(38)11-1)34-23-26-37(27-24-34)49-45-19-7-8-20-46(45)50(44-22-10-16-36-13-4-6-18-42(36)44)48-32-40(29-30-47(48)49)43-21-9-15-35-12-3-5-17-41(35)43/h1-32,45,49H/i1D,2D,3D,5D,7D,8D,9D,11D,12D,14D,15D,17D,19D,20D,21D,25D,26D,27D,28D,29D,30D,31D,32D. The molecule has 0 aromatic heterocycles. The summed E-state index contributed by atoms with van der Waals surface area (Å²) in [6.45, 7) is 0. The van der Waals surface area contributed by atoms with Crippen LogP contribution in [0.5, 0.6) is 0 Å². The molecule has 234 valence electrons. The van der Waals surface area contributed by atoms with E-state index < -0.39 is 173 Å². The van der Waals surface area contributed by atoms with Gasteiger partial charge in [0.2, 0.25) is 0 Å². The van der Waals surface area contributed by atoms with Crippen LogP contribution in [0.3, 0.4) is 0 Å². The molecule has 0 radical (unpaired) electrons. The molecule has 0 bridgehead atoms. The highest BCUT2D eigenvalue weighted by molar-refractivity contribution is 6.03. The maximum Gasteiger partial charge on any atom is 0.0636 e. The number of fused-ring (bicyclic) bond motifs is 5. The molecule has 0 saturated heterocycles. The lowest BCUT2D eigenvalue weighted by molar-refractivity contribution is 0.649. The van der Waals surface area contributed by atoms with Gasteiger partial charge in [0.1, 0.15) is 0 Å². The van der Waals surface area contributed by atoms with Gasteiger partial charge >= 0.3 is 0 Å². The van der Waals surface area contributed by atoms with E-state index in [1.54, 1.807) is 42.5 Å². The maximum absolute atomic E-state index is 10.3. The molecule has 2 aliphatic carbocycles. The Labute approximate surface area is 325 Å². The van der Waals surface area contributed by atoms with Crippen molar-refractivity contribution in [3.63, 3.8) is 0 Å². The topological polar surface area (TPSA) is 0 Å². The Morgan fingerprint density at radius 1 is 0.460 bits per heavy atom. The average molecular weight is 658 g/mol. The van der Waals surface area contributed by atoms with Crippen molar-refractivity contribution in [2.75, 3.05) is 0 Å². The van der Waals surface area contributed by atoms with Gasteiger partial charge in [-0.2, -0.15) is 0 Å². The molecule has 0 aliphatic heterocycles. The molecule has 0 heteroatoms. The summed E-state index contributed by atoms with van der Waals surface area (Å²) in [5.41, 5.74) is -2.39. The third-order valence-corrected chi connectivity index (χ3v) is 9.04. The van der Waals surface area contributed by atoms with Crippen LogP contribution in [0.15, 0.2) is 199 Å². The van der Waals surface area contributed by atoms with Crippen LogP contribution in [-0.2, 0) is 0 Å². The summed E-state index contributed by atoms with van der Waals surface area (Å²) in [5.74, 6) is -3.26. The smallest absolute Gasteiger partial charge is 0.0636 e. The lowest BCUT2D eigenvalue weighted by Gasteiger charge is -2.37. The quantitative estimate of drug-likeness (QED) is 0.177. The van der Waals surface area contributed by atoms with Gasteiger partial charge in [-0.3, -0.25) is 0 Å². The SMILES string of the molecule is [2H]C1=C([2H])C2=C(c3cccc4ccccc34)c3c([2H])c(-c4c([2H])c([2H])c([2H])c5c([2H])c([2H])c([2H])c([2H])c45)c([2H])c([2H])c3C(c3c([2H])cc(-c4c([2H])c([2H])c5c([2H])c([2H])c([2H])c([2H])c5c4[2H])cc3[2H])C2C([2H])=C1[2H]. The lowest BCUT2D eigenvalue weighted by atomic mass is 9.66. The summed E-state index contributed by atoms with van der Waals surface area (Å²) >= 11 is 0. The van der Waals surface area contributed by atoms with Gasteiger partial charge in [0.25, 0.3) is 0 Å². The predicted octanol–water partition coefficient (Wildman–Crippen LogP) is 13.2. The monoisotopic (exact) mass is 657 g/mol. The summed E-state index contributed by atoms with van der Waals surface area (Å²) in [6, 6.07) is -1.65. The van der Waals surface area contributed by atoms with Gasteiger partial charge < -0.3 is 0 Å². The van der Waals surface area contributed by atoms with Gasteiger partial charge in [-0.05, 0) is 100 Å². The highest BCUT2D eigenvalue weighted by Gasteiger charge is 2.36. The minimum Gasteiger partial charge on any atom is -0.0760 e. The van der Waals surface area contributed by atoms with Crippen molar-refractivity contribution >= 4 is 37.9 Å². The van der Waals surface area contributed by atoms with Crippen molar-refractivity contribution in [2.24, 2.45) is 5.92 Å². The second kappa shape index (κ2) is 11.7. The zero-order chi connectivity index (χ0) is 53.0. The minimum atomic E-state index is -1.68.